The van der Waals surface area contributed by atoms with Crippen LogP contribution in [0.4, 0.5) is 0 Å². The number of hydrogen-bond acceptors (Lipinski definition) is 3. The first-order valence-electron chi connectivity index (χ1n) is 13.4. The Balaban J connectivity index is 1.50. The van der Waals surface area contributed by atoms with Crippen molar-refractivity contribution >= 4 is 10.4 Å². The van der Waals surface area contributed by atoms with E-state index in [0.29, 0.717) is 41.9 Å². The largest absolute Gasteiger partial charge is 0.397 e. The second kappa shape index (κ2) is 9.09. The van der Waals surface area contributed by atoms with Crippen LogP contribution in [0.5, 0.6) is 0 Å². The normalized spacial score (nSPS) is 43.0. The van der Waals surface area contributed by atoms with E-state index in [1.54, 1.807) is 0 Å². The molecule has 4 rings (SSSR count). The summed E-state index contributed by atoms with van der Waals surface area (Å²) in [5, 5.41) is 0. The van der Waals surface area contributed by atoms with Crippen LogP contribution in [-0.2, 0) is 14.6 Å². The fourth-order valence-electron chi connectivity index (χ4n) is 8.49. The van der Waals surface area contributed by atoms with Gasteiger partial charge in [-0.1, -0.05) is 65.3 Å². The van der Waals surface area contributed by atoms with Gasteiger partial charge < -0.3 is 0 Å². The molecule has 0 aromatic heterocycles. The summed E-state index contributed by atoms with van der Waals surface area (Å²) in [5.74, 6) is 4.96. The molecule has 0 heterocycles. The van der Waals surface area contributed by atoms with Gasteiger partial charge in [0.2, 0.25) is 0 Å². The highest BCUT2D eigenvalue weighted by Gasteiger charge is 2.59. The second-order valence-electron chi connectivity index (χ2n) is 12.7. The molecule has 0 aromatic carbocycles. The average molecular weight is 479 g/mol. The van der Waals surface area contributed by atoms with Crippen molar-refractivity contribution in [2.75, 3.05) is 0 Å². The van der Waals surface area contributed by atoms with Crippen molar-refractivity contribution in [3.8, 4) is 0 Å². The Kier molecular flexibility index (Phi) is 7.01. The van der Waals surface area contributed by atoms with E-state index in [9.17, 15) is 8.42 Å². The summed E-state index contributed by atoms with van der Waals surface area (Å²) in [5.41, 5.74) is 1.96. The lowest BCUT2D eigenvalue weighted by Gasteiger charge is -2.58. The first kappa shape index (κ1) is 25.4. The Hall–Kier alpha value is -0.650. The highest BCUT2D eigenvalue weighted by molar-refractivity contribution is 7.80. The topological polar surface area (TPSA) is 63.6 Å². The predicted octanol–water partition coefficient (Wildman–Crippen LogP) is 7.24. The Morgan fingerprint density at radius 3 is 2.42 bits per heavy atom. The molecule has 9 unspecified atom stereocenters. The monoisotopic (exact) mass is 478 g/mol. The van der Waals surface area contributed by atoms with Crippen molar-refractivity contribution in [3.63, 3.8) is 0 Å². The first-order chi connectivity index (χ1) is 15.3. The van der Waals surface area contributed by atoms with Crippen LogP contribution in [-0.4, -0.2) is 19.1 Å². The average Bonchev–Trinajstić information content (AvgIpc) is 3.08. The summed E-state index contributed by atoms with van der Waals surface area (Å²) in [7, 11) is -4.39. The molecular weight excluding hydrogens is 432 g/mol. The van der Waals surface area contributed by atoms with E-state index in [1.807, 2.05) is 0 Å². The van der Waals surface area contributed by atoms with Crippen LogP contribution < -0.4 is 0 Å². The molecule has 4 aliphatic carbocycles. The molecule has 4 aliphatic rings. The third-order valence-corrected chi connectivity index (χ3v) is 11.3. The molecular formula is C28H46O4S. The summed E-state index contributed by atoms with van der Waals surface area (Å²) in [4.78, 5) is 0. The van der Waals surface area contributed by atoms with E-state index in [0.717, 1.165) is 30.6 Å². The Morgan fingerprint density at radius 2 is 1.76 bits per heavy atom. The van der Waals surface area contributed by atoms with Crippen molar-refractivity contribution < 1.29 is 17.2 Å². The number of allylic oxidation sites excluding steroid dienone is 3. The smallest absolute Gasteiger partial charge is 0.264 e. The van der Waals surface area contributed by atoms with Crippen LogP contribution >= 0.6 is 0 Å². The van der Waals surface area contributed by atoms with Gasteiger partial charge in [0, 0.05) is 0 Å². The fourth-order valence-corrected chi connectivity index (χ4v) is 9.00. The number of fused-ring (bicyclic) bond motifs is 5. The SMILES string of the molecule is CC(C)C(C)/C=C/C(C)C1CCC2C3CC=C4CC(OS(=O)(=O)O)CCC4(C)C3CCC12C. The third kappa shape index (κ3) is 4.76. The van der Waals surface area contributed by atoms with E-state index in [1.165, 1.54) is 31.3 Å². The fraction of sp³-hybridized carbons (Fsp3) is 0.857. The molecule has 0 aromatic rings. The summed E-state index contributed by atoms with van der Waals surface area (Å²) in [6.07, 6.45) is 15.7. The molecule has 1 N–H and O–H groups in total. The zero-order valence-corrected chi connectivity index (χ0v) is 22.4. The zero-order valence-electron chi connectivity index (χ0n) is 21.6. The maximum atomic E-state index is 11.2. The predicted molar refractivity (Wildman–Crippen MR) is 134 cm³/mol. The Bertz CT molecular complexity index is 890. The van der Waals surface area contributed by atoms with Gasteiger partial charge in [-0.3, -0.25) is 4.55 Å². The minimum absolute atomic E-state index is 0.152. The number of rotatable bonds is 6. The molecule has 0 amide bonds. The third-order valence-electron chi connectivity index (χ3n) is 10.8. The van der Waals surface area contributed by atoms with Crippen molar-refractivity contribution in [3.05, 3.63) is 23.8 Å². The molecule has 188 valence electrons. The van der Waals surface area contributed by atoms with Crippen LogP contribution in [0.15, 0.2) is 23.8 Å². The lowest BCUT2D eigenvalue weighted by atomic mass is 9.47. The Morgan fingerprint density at radius 1 is 1.03 bits per heavy atom. The van der Waals surface area contributed by atoms with Gasteiger partial charge in [-0.05, 0) is 104 Å². The number of hydrogen-bond donors (Lipinski definition) is 1. The molecule has 3 saturated carbocycles. The van der Waals surface area contributed by atoms with Crippen LogP contribution in [0.25, 0.3) is 0 Å². The highest BCUT2D eigenvalue weighted by Crippen LogP contribution is 2.67. The standard InChI is InChI=1S/C28H46O4S/c1-18(2)19(3)7-8-20(4)24-11-12-25-23-10-9-21-17-22(32-33(29,30)31)13-15-27(21,5)26(23)14-16-28(24,25)6/h7-9,18-20,22-26H,10-17H2,1-6H3,(H,29,30,31)/b8-7+. The van der Waals surface area contributed by atoms with Gasteiger partial charge in [-0.15, -0.1) is 0 Å². The van der Waals surface area contributed by atoms with Crippen molar-refractivity contribution in [2.45, 2.75) is 99.0 Å². The quantitative estimate of drug-likeness (QED) is 0.323. The molecule has 0 spiro atoms. The molecule has 5 heteroatoms. The summed E-state index contributed by atoms with van der Waals surface area (Å²) in [6.45, 7) is 14.4. The van der Waals surface area contributed by atoms with Crippen molar-refractivity contribution in [1.29, 1.82) is 0 Å². The molecule has 0 radical (unpaired) electrons. The van der Waals surface area contributed by atoms with Crippen LogP contribution in [0, 0.1) is 52.3 Å². The minimum atomic E-state index is -4.39. The maximum Gasteiger partial charge on any atom is 0.397 e. The summed E-state index contributed by atoms with van der Waals surface area (Å²) in [6, 6.07) is 0. The highest BCUT2D eigenvalue weighted by atomic mass is 32.3. The van der Waals surface area contributed by atoms with Crippen LogP contribution in [0.1, 0.15) is 92.9 Å². The Labute approximate surface area is 202 Å². The van der Waals surface area contributed by atoms with Gasteiger partial charge >= 0.3 is 10.4 Å². The molecule has 33 heavy (non-hydrogen) atoms. The van der Waals surface area contributed by atoms with E-state index in [4.69, 9.17) is 8.74 Å². The lowest BCUT2D eigenvalue weighted by molar-refractivity contribution is -0.0527. The van der Waals surface area contributed by atoms with Gasteiger partial charge in [0.05, 0.1) is 6.10 Å². The zero-order chi connectivity index (χ0) is 24.2. The summed E-state index contributed by atoms with van der Waals surface area (Å²) < 4.78 is 36.6. The lowest BCUT2D eigenvalue weighted by Crippen LogP contribution is -2.51. The maximum absolute atomic E-state index is 11.2. The van der Waals surface area contributed by atoms with Gasteiger partial charge in [0.25, 0.3) is 0 Å². The van der Waals surface area contributed by atoms with E-state index in [2.05, 4.69) is 59.8 Å². The van der Waals surface area contributed by atoms with Gasteiger partial charge in [-0.25, -0.2) is 4.18 Å². The van der Waals surface area contributed by atoms with Gasteiger partial charge in [0.1, 0.15) is 0 Å². The summed E-state index contributed by atoms with van der Waals surface area (Å²) >= 11 is 0. The van der Waals surface area contributed by atoms with Crippen molar-refractivity contribution in [1.82, 2.24) is 0 Å². The van der Waals surface area contributed by atoms with Gasteiger partial charge in [0.15, 0.2) is 0 Å². The first-order valence-corrected chi connectivity index (χ1v) is 14.7. The molecule has 3 fully saturated rings. The molecule has 0 aliphatic heterocycles. The molecule has 9 atom stereocenters. The minimum Gasteiger partial charge on any atom is -0.264 e. The van der Waals surface area contributed by atoms with Crippen molar-refractivity contribution in [2.24, 2.45) is 52.3 Å². The van der Waals surface area contributed by atoms with Crippen LogP contribution in [0.3, 0.4) is 0 Å². The van der Waals surface area contributed by atoms with E-state index < -0.39 is 16.5 Å². The molecule has 0 bridgehead atoms. The second-order valence-corrected chi connectivity index (χ2v) is 13.8. The van der Waals surface area contributed by atoms with Crippen LogP contribution in [0.2, 0.25) is 0 Å². The molecule has 4 nitrogen and oxygen atoms in total. The van der Waals surface area contributed by atoms with E-state index >= 15 is 0 Å². The van der Waals surface area contributed by atoms with E-state index in [-0.39, 0.29) is 5.41 Å². The molecule has 0 saturated heterocycles. The van der Waals surface area contributed by atoms with Gasteiger partial charge in [-0.2, -0.15) is 8.42 Å².